The van der Waals surface area contributed by atoms with Gasteiger partial charge >= 0.3 is 0 Å². The molecule has 0 aromatic rings. The van der Waals surface area contributed by atoms with Crippen LogP contribution in [0.2, 0.25) is 0 Å². The molecule has 1 spiro atoms. The predicted octanol–water partition coefficient (Wildman–Crippen LogP) is 3.61. The molecule has 2 nitrogen and oxygen atoms in total. The molecule has 3 aliphatic rings. The molecule has 21 heavy (non-hydrogen) atoms. The lowest BCUT2D eigenvalue weighted by molar-refractivity contribution is -0.118. The summed E-state index contributed by atoms with van der Waals surface area (Å²) in [5.74, 6) is 4.01. The smallest absolute Gasteiger partial charge is 0.0641 e. The highest BCUT2D eigenvalue weighted by atomic mass is 32.2. The minimum atomic E-state index is -0.236. The normalized spacial score (nSPS) is 47.3. The van der Waals surface area contributed by atoms with Crippen molar-refractivity contribution in [3.63, 3.8) is 0 Å². The van der Waals surface area contributed by atoms with Crippen LogP contribution in [0.1, 0.15) is 46.5 Å². The Hall–Kier alpha value is 0.620. The standard InChI is InChI=1S/C17H30O2S2/c1-11(10-18)13-4-5-16(3)6-7-17(20-8-9-21-17)12(2)14(16)15(13)19/h11-15,18-19H,4-10H2,1-3H3/t11-,12+,13+,14+,15+,16+/m1/s1. The van der Waals surface area contributed by atoms with Gasteiger partial charge in [0.05, 0.1) is 10.2 Å². The van der Waals surface area contributed by atoms with Crippen LogP contribution in [0.25, 0.3) is 0 Å². The minimum absolute atomic E-state index is 0.203. The summed E-state index contributed by atoms with van der Waals surface area (Å²) in [5.41, 5.74) is 0.305. The molecule has 1 heterocycles. The van der Waals surface area contributed by atoms with E-state index in [0.29, 0.717) is 21.3 Å². The molecule has 122 valence electrons. The second-order valence-corrected chi connectivity index (χ2v) is 10.9. The molecule has 1 saturated heterocycles. The first kappa shape index (κ1) is 16.5. The van der Waals surface area contributed by atoms with Crippen LogP contribution in [0.3, 0.4) is 0 Å². The Labute approximate surface area is 137 Å². The number of fused-ring (bicyclic) bond motifs is 1. The van der Waals surface area contributed by atoms with Gasteiger partial charge in [-0.15, -0.1) is 23.5 Å². The maximum absolute atomic E-state index is 11.1. The molecule has 0 aromatic carbocycles. The highest BCUT2D eigenvalue weighted by Crippen LogP contribution is 2.65. The highest BCUT2D eigenvalue weighted by molar-refractivity contribution is 8.21. The lowest BCUT2D eigenvalue weighted by Gasteiger charge is -2.58. The molecule has 6 atom stereocenters. The molecule has 4 heteroatoms. The predicted molar refractivity (Wildman–Crippen MR) is 92.6 cm³/mol. The molecular formula is C17H30O2S2. The number of aliphatic hydroxyl groups excluding tert-OH is 2. The van der Waals surface area contributed by atoms with E-state index in [1.807, 2.05) is 0 Å². The Morgan fingerprint density at radius 1 is 1.19 bits per heavy atom. The fraction of sp³-hybridized carbons (Fsp3) is 1.00. The van der Waals surface area contributed by atoms with Gasteiger partial charge in [0.1, 0.15) is 0 Å². The Bertz CT molecular complexity index is 383. The van der Waals surface area contributed by atoms with Crippen molar-refractivity contribution in [3.8, 4) is 0 Å². The van der Waals surface area contributed by atoms with Crippen LogP contribution in [-0.2, 0) is 0 Å². The topological polar surface area (TPSA) is 40.5 Å². The van der Waals surface area contributed by atoms with E-state index in [2.05, 4.69) is 44.3 Å². The van der Waals surface area contributed by atoms with E-state index in [-0.39, 0.29) is 24.5 Å². The zero-order chi connectivity index (χ0) is 15.3. The Balaban J connectivity index is 1.87. The second-order valence-electron chi connectivity index (χ2n) is 7.83. The molecule has 0 aromatic heterocycles. The van der Waals surface area contributed by atoms with E-state index in [1.54, 1.807) is 0 Å². The van der Waals surface area contributed by atoms with Gasteiger partial charge in [0.15, 0.2) is 0 Å². The van der Waals surface area contributed by atoms with Crippen molar-refractivity contribution in [3.05, 3.63) is 0 Å². The number of hydrogen-bond acceptors (Lipinski definition) is 4. The Morgan fingerprint density at radius 2 is 1.86 bits per heavy atom. The van der Waals surface area contributed by atoms with Crippen LogP contribution < -0.4 is 0 Å². The van der Waals surface area contributed by atoms with Gasteiger partial charge in [0.25, 0.3) is 0 Å². The van der Waals surface area contributed by atoms with Gasteiger partial charge in [-0.05, 0) is 54.8 Å². The van der Waals surface area contributed by atoms with Crippen LogP contribution in [-0.4, -0.2) is 38.5 Å². The average Bonchev–Trinajstić information content (AvgIpc) is 2.93. The average molecular weight is 331 g/mol. The summed E-state index contributed by atoms with van der Waals surface area (Å²) in [6, 6.07) is 0. The van der Waals surface area contributed by atoms with E-state index in [1.165, 1.54) is 30.8 Å². The third kappa shape index (κ3) is 2.58. The van der Waals surface area contributed by atoms with Crippen molar-refractivity contribution in [1.29, 1.82) is 0 Å². The van der Waals surface area contributed by atoms with Crippen LogP contribution in [0, 0.1) is 29.1 Å². The monoisotopic (exact) mass is 330 g/mol. The first-order valence-corrected chi connectivity index (χ1v) is 10.5. The molecule has 2 saturated carbocycles. The third-order valence-electron chi connectivity index (χ3n) is 6.73. The summed E-state index contributed by atoms with van der Waals surface area (Å²) in [5, 5.41) is 20.6. The van der Waals surface area contributed by atoms with Gasteiger partial charge in [-0.1, -0.05) is 20.8 Å². The maximum Gasteiger partial charge on any atom is 0.0641 e. The summed E-state index contributed by atoms with van der Waals surface area (Å²) >= 11 is 4.30. The van der Waals surface area contributed by atoms with E-state index in [0.717, 1.165) is 6.42 Å². The first-order chi connectivity index (χ1) is 9.93. The molecular weight excluding hydrogens is 300 g/mol. The van der Waals surface area contributed by atoms with Gasteiger partial charge in [0, 0.05) is 18.1 Å². The minimum Gasteiger partial charge on any atom is -0.396 e. The van der Waals surface area contributed by atoms with Gasteiger partial charge in [-0.3, -0.25) is 0 Å². The summed E-state index contributed by atoms with van der Waals surface area (Å²) in [7, 11) is 0. The highest BCUT2D eigenvalue weighted by Gasteiger charge is 2.58. The van der Waals surface area contributed by atoms with Crippen molar-refractivity contribution in [2.75, 3.05) is 18.1 Å². The summed E-state index contributed by atoms with van der Waals surface area (Å²) < 4.78 is 0.357. The van der Waals surface area contributed by atoms with E-state index < -0.39 is 0 Å². The number of rotatable bonds is 2. The van der Waals surface area contributed by atoms with Crippen LogP contribution in [0.5, 0.6) is 0 Å². The maximum atomic E-state index is 11.1. The molecule has 0 amide bonds. The van der Waals surface area contributed by atoms with E-state index in [4.69, 9.17) is 0 Å². The van der Waals surface area contributed by atoms with Gasteiger partial charge in [0.2, 0.25) is 0 Å². The molecule has 3 fully saturated rings. The van der Waals surface area contributed by atoms with Gasteiger partial charge in [-0.2, -0.15) is 0 Å². The first-order valence-electron chi connectivity index (χ1n) is 8.50. The number of thioether (sulfide) groups is 2. The van der Waals surface area contributed by atoms with Crippen molar-refractivity contribution in [1.82, 2.24) is 0 Å². The Kier molecular flexibility index (Phi) is 4.64. The van der Waals surface area contributed by atoms with Crippen molar-refractivity contribution >= 4 is 23.5 Å². The van der Waals surface area contributed by atoms with Crippen LogP contribution >= 0.6 is 23.5 Å². The zero-order valence-corrected chi connectivity index (χ0v) is 15.2. The molecule has 0 bridgehead atoms. The largest absolute Gasteiger partial charge is 0.396 e. The fourth-order valence-corrected chi connectivity index (χ4v) is 8.80. The number of hydrogen-bond donors (Lipinski definition) is 2. The lowest BCUT2D eigenvalue weighted by atomic mass is 9.52. The van der Waals surface area contributed by atoms with Crippen molar-refractivity contribution < 1.29 is 10.2 Å². The third-order valence-corrected chi connectivity index (χ3v) is 10.6. The second kappa shape index (κ2) is 5.92. The van der Waals surface area contributed by atoms with Crippen molar-refractivity contribution in [2.45, 2.75) is 56.6 Å². The van der Waals surface area contributed by atoms with E-state index >= 15 is 0 Å². The zero-order valence-electron chi connectivity index (χ0n) is 13.5. The lowest BCUT2D eigenvalue weighted by Crippen LogP contribution is -2.56. The summed E-state index contributed by atoms with van der Waals surface area (Å²) in [4.78, 5) is 0. The molecule has 0 radical (unpaired) electrons. The molecule has 3 rings (SSSR count). The molecule has 2 aliphatic carbocycles. The molecule has 1 aliphatic heterocycles. The molecule has 0 unspecified atom stereocenters. The fourth-order valence-electron chi connectivity index (χ4n) is 5.30. The van der Waals surface area contributed by atoms with E-state index in [9.17, 15) is 10.2 Å². The summed E-state index contributed by atoms with van der Waals surface area (Å²) in [6.07, 6.45) is 4.64. The van der Waals surface area contributed by atoms with Crippen LogP contribution in [0.4, 0.5) is 0 Å². The molecule has 2 N–H and O–H groups in total. The quantitative estimate of drug-likeness (QED) is 0.811. The Morgan fingerprint density at radius 3 is 2.48 bits per heavy atom. The number of aliphatic hydroxyl groups is 2. The van der Waals surface area contributed by atoms with Gasteiger partial charge < -0.3 is 10.2 Å². The van der Waals surface area contributed by atoms with Gasteiger partial charge in [-0.25, -0.2) is 0 Å². The SMILES string of the molecule is C[C@H](CO)[C@@H]1CC[C@@]2(C)CCC3(SCCS3)[C@@H](C)[C@H]2[C@H]1O. The van der Waals surface area contributed by atoms with Crippen molar-refractivity contribution in [2.24, 2.45) is 29.1 Å². The van der Waals surface area contributed by atoms with Crippen LogP contribution in [0.15, 0.2) is 0 Å². The summed E-state index contributed by atoms with van der Waals surface area (Å²) in [6.45, 7) is 7.10.